The smallest absolute Gasteiger partial charge is 0.261 e. The van der Waals surface area contributed by atoms with Gasteiger partial charge in [-0.2, -0.15) is 0 Å². The van der Waals surface area contributed by atoms with Crippen molar-refractivity contribution in [2.75, 3.05) is 0 Å². The third kappa shape index (κ3) is 2.45. The van der Waals surface area contributed by atoms with Crippen molar-refractivity contribution >= 4 is 9.28 Å². The SMILES string of the molecule is CCCCC[SiH]1OO1. The molecule has 0 aromatic carbocycles. The Bertz CT molecular complexity index is 63.4. The Hall–Kier alpha value is 0.137. The van der Waals surface area contributed by atoms with Crippen molar-refractivity contribution in [3.8, 4) is 0 Å². The molecule has 8 heavy (non-hydrogen) atoms. The molecule has 1 saturated heterocycles. The summed E-state index contributed by atoms with van der Waals surface area (Å²) in [6.45, 7) is 2.20. The van der Waals surface area contributed by atoms with Gasteiger partial charge in [0.2, 0.25) is 0 Å². The van der Waals surface area contributed by atoms with E-state index in [4.69, 9.17) is 9.15 Å². The van der Waals surface area contributed by atoms with Crippen LogP contribution in [0.4, 0.5) is 0 Å². The second-order valence-corrected chi connectivity index (χ2v) is 3.94. The summed E-state index contributed by atoms with van der Waals surface area (Å²) in [6.07, 6.45) is 3.92. The highest BCUT2D eigenvalue weighted by Crippen LogP contribution is 2.15. The normalized spacial score (nSPS) is 19.1. The van der Waals surface area contributed by atoms with Gasteiger partial charge in [-0.3, -0.25) is 9.15 Å². The van der Waals surface area contributed by atoms with Gasteiger partial charge in [0.15, 0.2) is 0 Å². The van der Waals surface area contributed by atoms with E-state index in [1.54, 1.807) is 0 Å². The van der Waals surface area contributed by atoms with E-state index in [2.05, 4.69) is 6.92 Å². The van der Waals surface area contributed by atoms with Crippen LogP contribution in [0.15, 0.2) is 0 Å². The first-order chi connectivity index (χ1) is 3.93. The average Bonchev–Trinajstić information content (AvgIpc) is 2.51. The van der Waals surface area contributed by atoms with E-state index in [9.17, 15) is 0 Å². The lowest BCUT2D eigenvalue weighted by molar-refractivity contribution is 0.0850. The molecule has 0 unspecified atom stereocenters. The summed E-state index contributed by atoms with van der Waals surface area (Å²) in [7, 11) is -0.952. The lowest BCUT2D eigenvalue weighted by atomic mass is 10.3. The van der Waals surface area contributed by atoms with E-state index in [0.717, 1.165) is 0 Å². The van der Waals surface area contributed by atoms with Crippen molar-refractivity contribution in [3.63, 3.8) is 0 Å². The molecule has 1 aliphatic rings. The van der Waals surface area contributed by atoms with E-state index >= 15 is 0 Å². The van der Waals surface area contributed by atoms with Crippen molar-refractivity contribution in [1.82, 2.24) is 0 Å². The molecule has 0 saturated carbocycles. The maximum atomic E-state index is 4.69. The first kappa shape index (κ1) is 6.26. The minimum Gasteiger partial charge on any atom is -0.261 e. The maximum Gasteiger partial charge on any atom is 0.393 e. The summed E-state index contributed by atoms with van der Waals surface area (Å²) in [5, 5.41) is 0. The first-order valence-electron chi connectivity index (χ1n) is 3.25. The highest BCUT2D eigenvalue weighted by atomic mass is 28.3. The van der Waals surface area contributed by atoms with Crippen LogP contribution in [0.2, 0.25) is 6.04 Å². The summed E-state index contributed by atoms with van der Waals surface area (Å²) >= 11 is 0. The maximum absolute atomic E-state index is 4.69. The minimum atomic E-state index is -0.952. The Morgan fingerprint density at radius 2 is 2.00 bits per heavy atom. The Morgan fingerprint density at radius 3 is 2.50 bits per heavy atom. The number of rotatable bonds is 4. The molecule has 0 aromatic rings. The van der Waals surface area contributed by atoms with Crippen LogP contribution in [0.5, 0.6) is 0 Å². The zero-order valence-corrected chi connectivity index (χ0v) is 6.38. The van der Waals surface area contributed by atoms with Gasteiger partial charge in [0.1, 0.15) is 0 Å². The molecule has 0 bridgehead atoms. The predicted molar refractivity (Wildman–Crippen MR) is 33.7 cm³/mol. The molecule has 1 heterocycles. The van der Waals surface area contributed by atoms with Gasteiger partial charge in [-0.1, -0.05) is 26.2 Å². The molecule has 2 nitrogen and oxygen atoms in total. The van der Waals surface area contributed by atoms with Gasteiger partial charge in [0, 0.05) is 0 Å². The second kappa shape index (κ2) is 3.22. The Balaban J connectivity index is 1.74. The number of unbranched alkanes of at least 4 members (excludes halogenated alkanes) is 2. The summed E-state index contributed by atoms with van der Waals surface area (Å²) in [4.78, 5) is 0. The van der Waals surface area contributed by atoms with E-state index in [-0.39, 0.29) is 0 Å². The first-order valence-corrected chi connectivity index (χ1v) is 5.01. The fraction of sp³-hybridized carbons (Fsp3) is 1.00. The molecular weight excluding hydrogens is 120 g/mol. The predicted octanol–water partition coefficient (Wildman–Crippen LogP) is 1.36. The van der Waals surface area contributed by atoms with Crippen LogP contribution in [-0.4, -0.2) is 9.28 Å². The monoisotopic (exact) mass is 132 g/mol. The van der Waals surface area contributed by atoms with E-state index in [0.29, 0.717) is 0 Å². The third-order valence-electron chi connectivity index (χ3n) is 1.28. The van der Waals surface area contributed by atoms with E-state index < -0.39 is 9.28 Å². The third-order valence-corrected chi connectivity index (χ3v) is 2.62. The summed E-state index contributed by atoms with van der Waals surface area (Å²) < 4.78 is 9.39. The highest BCUT2D eigenvalue weighted by molar-refractivity contribution is 6.49. The summed E-state index contributed by atoms with van der Waals surface area (Å²) in [5.74, 6) is 0. The van der Waals surface area contributed by atoms with Crippen LogP contribution < -0.4 is 0 Å². The Kier molecular flexibility index (Phi) is 2.52. The number of hydrogen-bond acceptors (Lipinski definition) is 2. The number of hydrogen-bond donors (Lipinski definition) is 0. The average molecular weight is 132 g/mol. The summed E-state index contributed by atoms with van der Waals surface area (Å²) in [5.41, 5.74) is 0. The largest absolute Gasteiger partial charge is 0.393 e. The van der Waals surface area contributed by atoms with Gasteiger partial charge in [-0.05, 0) is 6.04 Å². The molecular formula is C5H12O2Si. The van der Waals surface area contributed by atoms with Crippen LogP contribution in [0, 0.1) is 0 Å². The van der Waals surface area contributed by atoms with E-state index in [1.165, 1.54) is 25.3 Å². The van der Waals surface area contributed by atoms with Gasteiger partial charge < -0.3 is 0 Å². The molecule has 0 aromatic heterocycles. The minimum absolute atomic E-state index is 0.952. The zero-order chi connectivity index (χ0) is 5.82. The van der Waals surface area contributed by atoms with Gasteiger partial charge in [-0.15, -0.1) is 0 Å². The molecule has 1 aliphatic heterocycles. The Morgan fingerprint density at radius 1 is 1.25 bits per heavy atom. The Labute approximate surface area is 51.6 Å². The van der Waals surface area contributed by atoms with E-state index in [1.807, 2.05) is 0 Å². The molecule has 0 atom stereocenters. The van der Waals surface area contributed by atoms with Gasteiger partial charge in [-0.25, -0.2) is 0 Å². The summed E-state index contributed by atoms with van der Waals surface area (Å²) in [6, 6.07) is 1.22. The van der Waals surface area contributed by atoms with Crippen molar-refractivity contribution < 1.29 is 9.15 Å². The van der Waals surface area contributed by atoms with Crippen molar-refractivity contribution in [2.24, 2.45) is 0 Å². The van der Waals surface area contributed by atoms with Crippen LogP contribution >= 0.6 is 0 Å². The molecule has 48 valence electrons. The molecule has 0 radical (unpaired) electrons. The quantitative estimate of drug-likeness (QED) is 0.250. The standard InChI is InChI=1S/C5H12O2Si/c1-2-3-4-5-8-6-7-8/h8H,2-5H2,1H3. The lowest BCUT2D eigenvalue weighted by Crippen LogP contribution is -1.87. The lowest BCUT2D eigenvalue weighted by Gasteiger charge is -1.87. The topological polar surface area (TPSA) is 25.1 Å². The molecule has 0 amide bonds. The molecule has 0 N–H and O–H groups in total. The van der Waals surface area contributed by atoms with Crippen LogP contribution in [0.1, 0.15) is 26.2 Å². The van der Waals surface area contributed by atoms with Gasteiger partial charge in [0.25, 0.3) is 0 Å². The molecule has 1 rings (SSSR count). The molecule has 3 heteroatoms. The van der Waals surface area contributed by atoms with Crippen molar-refractivity contribution in [2.45, 2.75) is 32.2 Å². The van der Waals surface area contributed by atoms with Crippen LogP contribution in [-0.2, 0) is 9.15 Å². The molecule has 0 aliphatic carbocycles. The van der Waals surface area contributed by atoms with Gasteiger partial charge >= 0.3 is 9.28 Å². The fourth-order valence-electron chi connectivity index (χ4n) is 0.697. The van der Waals surface area contributed by atoms with Crippen LogP contribution in [0.25, 0.3) is 0 Å². The molecule has 0 spiro atoms. The highest BCUT2D eigenvalue weighted by Gasteiger charge is 2.28. The van der Waals surface area contributed by atoms with Crippen molar-refractivity contribution in [1.29, 1.82) is 0 Å². The second-order valence-electron chi connectivity index (χ2n) is 2.12. The van der Waals surface area contributed by atoms with Crippen LogP contribution in [0.3, 0.4) is 0 Å². The fourth-order valence-corrected chi connectivity index (χ4v) is 1.83. The van der Waals surface area contributed by atoms with Gasteiger partial charge in [0.05, 0.1) is 0 Å². The van der Waals surface area contributed by atoms with Crippen molar-refractivity contribution in [3.05, 3.63) is 0 Å². The molecule has 1 fully saturated rings. The zero-order valence-electron chi connectivity index (χ0n) is 5.22.